The molecule has 0 spiro atoms. The SMILES string of the molecule is NC(=O)[C@H]1C[C@@H]1S(=O)(=O)c1ccccc1. The van der Waals surface area contributed by atoms with Crippen LogP contribution in [0.4, 0.5) is 0 Å². The molecule has 1 aromatic carbocycles. The number of hydrogen-bond donors (Lipinski definition) is 1. The summed E-state index contributed by atoms with van der Waals surface area (Å²) in [5.41, 5.74) is 5.06. The fourth-order valence-corrected chi connectivity index (χ4v) is 3.51. The van der Waals surface area contributed by atoms with E-state index < -0.39 is 26.9 Å². The first-order chi connectivity index (χ1) is 7.03. The van der Waals surface area contributed by atoms with Gasteiger partial charge in [0.2, 0.25) is 5.91 Å². The van der Waals surface area contributed by atoms with Crippen LogP contribution in [0.1, 0.15) is 6.42 Å². The molecule has 1 fully saturated rings. The Labute approximate surface area is 88.0 Å². The molecule has 1 aliphatic rings. The topological polar surface area (TPSA) is 77.2 Å². The Bertz CT molecular complexity index is 481. The van der Waals surface area contributed by atoms with Gasteiger partial charge in [-0.3, -0.25) is 4.79 Å². The zero-order valence-electron chi connectivity index (χ0n) is 7.96. The van der Waals surface area contributed by atoms with Crippen molar-refractivity contribution in [2.24, 2.45) is 11.7 Å². The lowest BCUT2D eigenvalue weighted by molar-refractivity contribution is -0.119. The van der Waals surface area contributed by atoms with Crippen molar-refractivity contribution < 1.29 is 13.2 Å². The van der Waals surface area contributed by atoms with E-state index in [-0.39, 0.29) is 4.90 Å². The average molecular weight is 225 g/mol. The van der Waals surface area contributed by atoms with Gasteiger partial charge in [-0.05, 0) is 18.6 Å². The predicted octanol–water partition coefficient (Wildman–Crippen LogP) is 0.334. The number of amides is 1. The van der Waals surface area contributed by atoms with Crippen LogP contribution in [-0.4, -0.2) is 19.6 Å². The van der Waals surface area contributed by atoms with E-state index in [1.807, 2.05) is 0 Å². The molecule has 80 valence electrons. The second-order valence-corrected chi connectivity index (χ2v) is 5.81. The Morgan fingerprint density at radius 2 is 1.87 bits per heavy atom. The van der Waals surface area contributed by atoms with Crippen LogP contribution in [0.3, 0.4) is 0 Å². The van der Waals surface area contributed by atoms with Crippen LogP contribution in [0.2, 0.25) is 0 Å². The van der Waals surface area contributed by atoms with Crippen LogP contribution in [-0.2, 0) is 14.6 Å². The van der Waals surface area contributed by atoms with Gasteiger partial charge in [-0.25, -0.2) is 8.42 Å². The van der Waals surface area contributed by atoms with Gasteiger partial charge in [0.05, 0.1) is 16.1 Å². The third-order valence-corrected chi connectivity index (χ3v) is 4.82. The van der Waals surface area contributed by atoms with Crippen molar-refractivity contribution in [1.82, 2.24) is 0 Å². The number of carbonyl (C=O) groups excluding carboxylic acids is 1. The summed E-state index contributed by atoms with van der Waals surface area (Å²) in [6.07, 6.45) is 0.354. The summed E-state index contributed by atoms with van der Waals surface area (Å²) in [6, 6.07) is 8.14. The van der Waals surface area contributed by atoms with Crippen molar-refractivity contribution in [3.8, 4) is 0 Å². The highest BCUT2D eigenvalue weighted by molar-refractivity contribution is 7.92. The summed E-state index contributed by atoms with van der Waals surface area (Å²) in [4.78, 5) is 11.1. The van der Waals surface area contributed by atoms with Crippen molar-refractivity contribution >= 4 is 15.7 Å². The predicted molar refractivity (Wildman–Crippen MR) is 54.7 cm³/mol. The van der Waals surface area contributed by atoms with Crippen LogP contribution in [0, 0.1) is 5.92 Å². The highest BCUT2D eigenvalue weighted by atomic mass is 32.2. The van der Waals surface area contributed by atoms with Gasteiger partial charge < -0.3 is 5.73 Å². The lowest BCUT2D eigenvalue weighted by atomic mass is 10.4. The maximum Gasteiger partial charge on any atom is 0.221 e. The first-order valence-electron chi connectivity index (χ1n) is 4.62. The maximum atomic E-state index is 11.9. The molecule has 1 aliphatic carbocycles. The van der Waals surface area contributed by atoms with Crippen molar-refractivity contribution in [2.45, 2.75) is 16.6 Å². The Kier molecular flexibility index (Phi) is 2.26. The molecule has 1 amide bonds. The quantitative estimate of drug-likeness (QED) is 0.805. The van der Waals surface area contributed by atoms with E-state index in [0.29, 0.717) is 6.42 Å². The summed E-state index contributed by atoms with van der Waals surface area (Å²) in [5.74, 6) is -1.03. The van der Waals surface area contributed by atoms with E-state index in [1.165, 1.54) is 12.1 Å². The highest BCUT2D eigenvalue weighted by Gasteiger charge is 2.51. The Balaban J connectivity index is 2.28. The van der Waals surface area contributed by atoms with Gasteiger partial charge in [-0.1, -0.05) is 18.2 Å². The molecule has 0 heterocycles. The minimum atomic E-state index is -3.36. The van der Waals surface area contributed by atoms with Crippen LogP contribution >= 0.6 is 0 Å². The zero-order valence-corrected chi connectivity index (χ0v) is 8.78. The Hall–Kier alpha value is -1.36. The van der Waals surface area contributed by atoms with E-state index in [2.05, 4.69) is 0 Å². The van der Waals surface area contributed by atoms with E-state index in [0.717, 1.165) is 0 Å². The first-order valence-corrected chi connectivity index (χ1v) is 6.16. The molecule has 2 atom stereocenters. The lowest BCUT2D eigenvalue weighted by Crippen LogP contribution is -2.19. The van der Waals surface area contributed by atoms with E-state index >= 15 is 0 Å². The third kappa shape index (κ3) is 1.74. The molecule has 1 aromatic rings. The van der Waals surface area contributed by atoms with Gasteiger partial charge in [-0.15, -0.1) is 0 Å². The Morgan fingerprint density at radius 1 is 1.27 bits per heavy atom. The molecule has 0 unspecified atom stereocenters. The molecule has 15 heavy (non-hydrogen) atoms. The van der Waals surface area contributed by atoms with Crippen molar-refractivity contribution in [3.63, 3.8) is 0 Å². The average Bonchev–Trinajstić information content (AvgIpc) is 2.99. The van der Waals surface area contributed by atoms with Gasteiger partial charge in [0.25, 0.3) is 0 Å². The highest BCUT2D eigenvalue weighted by Crippen LogP contribution is 2.40. The molecule has 0 bridgehead atoms. The lowest BCUT2D eigenvalue weighted by Gasteiger charge is -2.01. The smallest absolute Gasteiger partial charge is 0.221 e. The van der Waals surface area contributed by atoms with Gasteiger partial charge in [-0.2, -0.15) is 0 Å². The third-order valence-electron chi connectivity index (χ3n) is 2.57. The monoisotopic (exact) mass is 225 g/mol. The second kappa shape index (κ2) is 3.34. The number of hydrogen-bond acceptors (Lipinski definition) is 3. The molecule has 1 saturated carbocycles. The molecular weight excluding hydrogens is 214 g/mol. The normalized spacial score (nSPS) is 24.8. The van der Waals surface area contributed by atoms with Crippen molar-refractivity contribution in [2.75, 3.05) is 0 Å². The van der Waals surface area contributed by atoms with Gasteiger partial charge >= 0.3 is 0 Å². The van der Waals surface area contributed by atoms with Crippen molar-refractivity contribution in [1.29, 1.82) is 0 Å². The molecule has 0 saturated heterocycles. The van der Waals surface area contributed by atoms with Crippen molar-refractivity contribution in [3.05, 3.63) is 30.3 Å². The fourth-order valence-electron chi connectivity index (χ4n) is 1.60. The summed E-state index contributed by atoms with van der Waals surface area (Å²) in [7, 11) is -3.36. The zero-order chi connectivity index (χ0) is 11.1. The number of sulfone groups is 1. The number of primary amides is 1. The Morgan fingerprint density at radius 3 is 2.33 bits per heavy atom. The number of carbonyl (C=O) groups is 1. The molecular formula is C10H11NO3S. The minimum absolute atomic E-state index is 0.263. The van der Waals surface area contributed by atoms with Crippen LogP contribution in [0.5, 0.6) is 0 Å². The van der Waals surface area contributed by atoms with Crippen LogP contribution < -0.4 is 5.73 Å². The maximum absolute atomic E-state index is 11.9. The number of rotatable bonds is 3. The number of nitrogens with two attached hydrogens (primary N) is 1. The molecule has 0 radical (unpaired) electrons. The molecule has 2 rings (SSSR count). The van der Waals surface area contributed by atoms with E-state index in [4.69, 9.17) is 5.73 Å². The summed E-state index contributed by atoms with van der Waals surface area (Å²) in [6.45, 7) is 0. The summed E-state index contributed by atoms with van der Waals surface area (Å²) >= 11 is 0. The standard InChI is InChI=1S/C10H11NO3S/c11-10(12)8-6-9(8)15(13,14)7-4-2-1-3-5-7/h1-5,8-9H,6H2,(H2,11,12)/t8-,9-/m0/s1. The van der Waals surface area contributed by atoms with E-state index in [9.17, 15) is 13.2 Å². The molecule has 0 aromatic heterocycles. The second-order valence-electron chi connectivity index (χ2n) is 3.64. The molecule has 2 N–H and O–H groups in total. The minimum Gasteiger partial charge on any atom is -0.369 e. The summed E-state index contributed by atoms with van der Waals surface area (Å²) in [5, 5.41) is -0.614. The fraction of sp³-hybridized carbons (Fsp3) is 0.300. The van der Waals surface area contributed by atoms with Gasteiger partial charge in [0, 0.05) is 0 Å². The molecule has 0 aliphatic heterocycles. The molecule has 5 heteroatoms. The largest absolute Gasteiger partial charge is 0.369 e. The summed E-state index contributed by atoms with van der Waals surface area (Å²) < 4.78 is 23.8. The number of benzene rings is 1. The van der Waals surface area contributed by atoms with Crippen LogP contribution in [0.25, 0.3) is 0 Å². The van der Waals surface area contributed by atoms with Gasteiger partial charge in [0.15, 0.2) is 9.84 Å². The van der Waals surface area contributed by atoms with Crippen LogP contribution in [0.15, 0.2) is 35.2 Å². The van der Waals surface area contributed by atoms with Gasteiger partial charge in [0.1, 0.15) is 0 Å². The molecule has 4 nitrogen and oxygen atoms in total. The van der Waals surface area contributed by atoms with E-state index in [1.54, 1.807) is 18.2 Å². The first kappa shape index (κ1) is 10.2.